The number of aromatic nitrogens is 2. The van der Waals surface area contributed by atoms with Crippen LogP contribution in [-0.2, 0) is 5.88 Å². The third-order valence-corrected chi connectivity index (χ3v) is 2.74. The summed E-state index contributed by atoms with van der Waals surface area (Å²) >= 11 is 5.57. The summed E-state index contributed by atoms with van der Waals surface area (Å²) < 4.78 is 5.33. The van der Waals surface area contributed by atoms with Gasteiger partial charge in [0.1, 0.15) is 5.88 Å². The third kappa shape index (κ3) is 2.41. The van der Waals surface area contributed by atoms with Crippen LogP contribution in [0.2, 0.25) is 0 Å². The molecule has 1 unspecified atom stereocenters. The Balaban J connectivity index is 2.10. The molecule has 1 aliphatic rings. The summed E-state index contributed by atoms with van der Waals surface area (Å²) in [6, 6.07) is 0.450. The first-order valence-corrected chi connectivity index (χ1v) is 5.50. The largest absolute Gasteiger partial charge is 0.407 e. The minimum atomic E-state index is -0.673. The molecule has 6 heteroatoms. The van der Waals surface area contributed by atoms with Gasteiger partial charge >= 0.3 is 6.01 Å². The number of β-amino-alcohol motifs (C(OH)–C–C–N with tert-alkyl or cyclic N) is 1. The van der Waals surface area contributed by atoms with Crippen LogP contribution in [-0.4, -0.2) is 34.0 Å². The second-order valence-electron chi connectivity index (χ2n) is 4.13. The molecule has 0 bridgehead atoms. The molecule has 5 nitrogen and oxygen atoms in total. The number of rotatable bonds is 2. The maximum absolute atomic E-state index is 9.91. The van der Waals surface area contributed by atoms with Crippen LogP contribution in [0.3, 0.4) is 0 Å². The summed E-state index contributed by atoms with van der Waals surface area (Å²) in [4.78, 5) is 1.90. The Hall–Kier alpha value is -0.810. The highest BCUT2D eigenvalue weighted by molar-refractivity contribution is 6.16. The number of nitrogens with zero attached hydrogens (tertiary/aromatic N) is 3. The molecule has 2 heterocycles. The van der Waals surface area contributed by atoms with Gasteiger partial charge in [0, 0.05) is 6.54 Å². The minimum absolute atomic E-state index is 0.219. The van der Waals surface area contributed by atoms with Gasteiger partial charge in [-0.25, -0.2) is 0 Å². The molecular weight excluding hydrogens is 218 g/mol. The molecule has 1 fully saturated rings. The Labute approximate surface area is 93.0 Å². The van der Waals surface area contributed by atoms with E-state index in [-0.39, 0.29) is 5.88 Å². The average Bonchev–Trinajstić information content (AvgIpc) is 2.64. The van der Waals surface area contributed by atoms with Crippen molar-refractivity contribution in [2.24, 2.45) is 0 Å². The molecule has 0 spiro atoms. The molecule has 84 valence electrons. The molecule has 1 aromatic heterocycles. The quantitative estimate of drug-likeness (QED) is 0.774. The average molecular weight is 232 g/mol. The molecule has 1 aliphatic heterocycles. The zero-order chi connectivity index (χ0) is 10.9. The van der Waals surface area contributed by atoms with E-state index in [1.165, 1.54) is 0 Å². The van der Waals surface area contributed by atoms with E-state index in [4.69, 9.17) is 16.0 Å². The summed E-state index contributed by atoms with van der Waals surface area (Å²) in [7, 11) is 0. The van der Waals surface area contributed by atoms with Crippen LogP contribution in [0.5, 0.6) is 0 Å². The number of piperidine rings is 1. The van der Waals surface area contributed by atoms with Crippen molar-refractivity contribution in [1.29, 1.82) is 0 Å². The molecule has 15 heavy (non-hydrogen) atoms. The molecule has 0 saturated carbocycles. The van der Waals surface area contributed by atoms with E-state index in [0.29, 0.717) is 18.5 Å². The van der Waals surface area contributed by atoms with Gasteiger partial charge in [-0.1, -0.05) is 5.10 Å². The molecule has 0 radical (unpaired) electrons. The van der Waals surface area contributed by atoms with Crippen LogP contribution >= 0.6 is 11.6 Å². The summed E-state index contributed by atoms with van der Waals surface area (Å²) in [6.45, 7) is 3.18. The summed E-state index contributed by atoms with van der Waals surface area (Å²) in [5.41, 5.74) is -0.673. The molecule has 0 aromatic carbocycles. The number of aliphatic hydroxyl groups is 1. The van der Waals surface area contributed by atoms with Gasteiger partial charge in [0.2, 0.25) is 5.89 Å². The SMILES string of the molecule is CC1(O)CCCN(c2nnc(CCl)o2)C1. The third-order valence-electron chi connectivity index (χ3n) is 2.52. The maximum Gasteiger partial charge on any atom is 0.318 e. The van der Waals surface area contributed by atoms with Gasteiger partial charge in [-0.15, -0.1) is 16.7 Å². The first-order chi connectivity index (χ1) is 7.11. The number of hydrogen-bond acceptors (Lipinski definition) is 5. The fourth-order valence-electron chi connectivity index (χ4n) is 1.81. The number of hydrogen-bond donors (Lipinski definition) is 1. The predicted molar refractivity (Wildman–Crippen MR) is 55.9 cm³/mol. The normalized spacial score (nSPS) is 27.0. The second kappa shape index (κ2) is 3.98. The lowest BCUT2D eigenvalue weighted by molar-refractivity contribution is 0.0434. The van der Waals surface area contributed by atoms with Gasteiger partial charge in [-0.3, -0.25) is 0 Å². The molecule has 1 atom stereocenters. The highest BCUT2D eigenvalue weighted by Crippen LogP contribution is 2.24. The van der Waals surface area contributed by atoms with Gasteiger partial charge in [0.05, 0.1) is 12.1 Å². The van der Waals surface area contributed by atoms with Crippen molar-refractivity contribution >= 4 is 17.6 Å². The predicted octanol–water partition coefficient (Wildman–Crippen LogP) is 1.16. The van der Waals surface area contributed by atoms with Crippen molar-refractivity contribution < 1.29 is 9.52 Å². The smallest absolute Gasteiger partial charge is 0.318 e. The highest BCUT2D eigenvalue weighted by atomic mass is 35.5. The van der Waals surface area contributed by atoms with E-state index in [0.717, 1.165) is 19.4 Å². The summed E-state index contributed by atoms with van der Waals surface area (Å²) in [6.07, 6.45) is 1.73. The number of alkyl halides is 1. The lowest BCUT2D eigenvalue weighted by atomic mass is 9.96. The molecule has 1 N–H and O–H groups in total. The molecular formula is C9H14ClN3O2. The van der Waals surface area contributed by atoms with Crippen LogP contribution < -0.4 is 4.90 Å². The second-order valence-corrected chi connectivity index (χ2v) is 4.40. The fraction of sp³-hybridized carbons (Fsp3) is 0.778. The fourth-order valence-corrected chi connectivity index (χ4v) is 1.92. The maximum atomic E-state index is 9.91. The van der Waals surface area contributed by atoms with Crippen molar-refractivity contribution in [2.45, 2.75) is 31.2 Å². The molecule has 0 aliphatic carbocycles. The van der Waals surface area contributed by atoms with Crippen LogP contribution in [0.1, 0.15) is 25.7 Å². The molecule has 0 amide bonds. The monoisotopic (exact) mass is 231 g/mol. The van der Waals surface area contributed by atoms with E-state index in [9.17, 15) is 5.11 Å². The van der Waals surface area contributed by atoms with Crippen LogP contribution in [0.4, 0.5) is 6.01 Å². The van der Waals surface area contributed by atoms with Gasteiger partial charge < -0.3 is 14.4 Å². The topological polar surface area (TPSA) is 62.4 Å². The number of halogens is 1. The Morgan fingerprint density at radius 2 is 2.40 bits per heavy atom. The van der Waals surface area contributed by atoms with E-state index in [1.54, 1.807) is 0 Å². The number of anilines is 1. The van der Waals surface area contributed by atoms with Crippen LogP contribution in [0, 0.1) is 0 Å². The van der Waals surface area contributed by atoms with E-state index in [1.807, 2.05) is 11.8 Å². The van der Waals surface area contributed by atoms with Crippen LogP contribution in [0.25, 0.3) is 0 Å². The van der Waals surface area contributed by atoms with Crippen molar-refractivity contribution in [3.05, 3.63) is 5.89 Å². The zero-order valence-electron chi connectivity index (χ0n) is 8.61. The summed E-state index contributed by atoms with van der Waals surface area (Å²) in [5.74, 6) is 0.633. The zero-order valence-corrected chi connectivity index (χ0v) is 9.37. The highest BCUT2D eigenvalue weighted by Gasteiger charge is 2.30. The lowest BCUT2D eigenvalue weighted by Crippen LogP contribution is -2.46. The summed E-state index contributed by atoms with van der Waals surface area (Å²) in [5, 5.41) is 17.6. The molecule has 1 aromatic rings. The standard InChI is InChI=1S/C9H14ClN3O2/c1-9(14)3-2-4-13(6-9)8-12-11-7(5-10)15-8/h14H,2-6H2,1H3. The molecule has 2 rings (SSSR count). The Morgan fingerprint density at radius 1 is 1.60 bits per heavy atom. The van der Waals surface area contributed by atoms with Crippen molar-refractivity contribution in [3.8, 4) is 0 Å². The van der Waals surface area contributed by atoms with E-state index in [2.05, 4.69) is 10.2 Å². The molecule has 1 saturated heterocycles. The van der Waals surface area contributed by atoms with Gasteiger partial charge in [0.15, 0.2) is 0 Å². The van der Waals surface area contributed by atoms with Gasteiger partial charge in [-0.05, 0) is 19.8 Å². The Morgan fingerprint density at radius 3 is 3.00 bits per heavy atom. The van der Waals surface area contributed by atoms with Gasteiger partial charge in [-0.2, -0.15) is 0 Å². The van der Waals surface area contributed by atoms with E-state index < -0.39 is 5.60 Å². The van der Waals surface area contributed by atoms with Crippen LogP contribution in [0.15, 0.2) is 4.42 Å². The Kier molecular flexibility index (Phi) is 2.84. The first-order valence-electron chi connectivity index (χ1n) is 4.96. The van der Waals surface area contributed by atoms with Gasteiger partial charge in [0.25, 0.3) is 0 Å². The first kappa shape index (κ1) is 10.7. The Bertz CT molecular complexity index is 340. The minimum Gasteiger partial charge on any atom is -0.407 e. The van der Waals surface area contributed by atoms with Crippen molar-refractivity contribution in [3.63, 3.8) is 0 Å². The van der Waals surface area contributed by atoms with Crippen molar-refractivity contribution in [1.82, 2.24) is 10.2 Å². The van der Waals surface area contributed by atoms with Crippen molar-refractivity contribution in [2.75, 3.05) is 18.0 Å². The van der Waals surface area contributed by atoms with E-state index >= 15 is 0 Å². The lowest BCUT2D eigenvalue weighted by Gasteiger charge is -2.35.